The van der Waals surface area contributed by atoms with Gasteiger partial charge in [0.05, 0.1) is 22.8 Å². The number of allylic oxidation sites excluding steroid dienone is 1. The Morgan fingerprint density at radius 3 is 2.90 bits per heavy atom. The smallest absolute Gasteiger partial charge is 0.337 e. The number of aromatic nitrogens is 1. The Morgan fingerprint density at radius 2 is 2.14 bits per heavy atom. The number of hydrogen-bond acceptors (Lipinski definition) is 7. The van der Waals surface area contributed by atoms with E-state index in [2.05, 4.69) is 0 Å². The standard InChI is InChI=1S/C21H22N2O5S/c1-4-6-14-18(20(25)26-5-2)12(3)23-19(24)17(29-21(23)22-14)10-13-7-8-15-16(9-13)28-11-27-15/h7-10,14H,4-6,11H2,1-3H3/b17-10-/t14-/m0/s1. The maximum atomic E-state index is 13.1. The highest BCUT2D eigenvalue weighted by Gasteiger charge is 2.29. The molecule has 8 heteroatoms. The lowest BCUT2D eigenvalue weighted by atomic mass is 10.00. The van der Waals surface area contributed by atoms with Crippen molar-refractivity contribution in [2.24, 2.45) is 4.99 Å². The molecule has 4 rings (SSSR count). The molecule has 0 saturated carbocycles. The van der Waals surface area contributed by atoms with Crippen molar-refractivity contribution in [2.75, 3.05) is 13.4 Å². The largest absolute Gasteiger partial charge is 0.463 e. The molecular weight excluding hydrogens is 392 g/mol. The molecule has 2 aliphatic rings. The second kappa shape index (κ2) is 7.87. The molecule has 0 unspecified atom stereocenters. The molecule has 0 aliphatic carbocycles. The first kappa shape index (κ1) is 19.4. The SMILES string of the molecule is CCC[C@@H]1N=c2s/c(=C\c3ccc4c(c3)OCO4)c(=O)n2C(C)=C1C(=O)OCC. The molecule has 3 heterocycles. The van der Waals surface area contributed by atoms with Crippen LogP contribution in [0.1, 0.15) is 39.2 Å². The number of ether oxygens (including phenoxy) is 3. The van der Waals surface area contributed by atoms with E-state index in [1.807, 2.05) is 31.2 Å². The van der Waals surface area contributed by atoms with E-state index in [9.17, 15) is 9.59 Å². The van der Waals surface area contributed by atoms with Gasteiger partial charge in [-0.1, -0.05) is 30.7 Å². The lowest BCUT2D eigenvalue weighted by Gasteiger charge is -2.21. The van der Waals surface area contributed by atoms with Crippen LogP contribution in [0.5, 0.6) is 11.5 Å². The highest BCUT2D eigenvalue weighted by Crippen LogP contribution is 2.32. The summed E-state index contributed by atoms with van der Waals surface area (Å²) in [4.78, 5) is 30.9. The fourth-order valence-electron chi connectivity index (χ4n) is 3.54. The molecule has 29 heavy (non-hydrogen) atoms. The maximum Gasteiger partial charge on any atom is 0.337 e. The number of esters is 1. The van der Waals surface area contributed by atoms with Crippen LogP contribution in [-0.4, -0.2) is 30.0 Å². The van der Waals surface area contributed by atoms with Gasteiger partial charge in [-0.15, -0.1) is 0 Å². The summed E-state index contributed by atoms with van der Waals surface area (Å²) in [6.45, 7) is 6.08. The van der Waals surface area contributed by atoms with Gasteiger partial charge in [-0.3, -0.25) is 9.36 Å². The van der Waals surface area contributed by atoms with E-state index in [4.69, 9.17) is 19.2 Å². The van der Waals surface area contributed by atoms with Gasteiger partial charge in [0.15, 0.2) is 16.3 Å². The van der Waals surface area contributed by atoms with Crippen LogP contribution in [0.25, 0.3) is 11.8 Å². The third-order valence-corrected chi connectivity index (χ3v) is 5.87. The van der Waals surface area contributed by atoms with Crippen LogP contribution in [0.4, 0.5) is 0 Å². The summed E-state index contributed by atoms with van der Waals surface area (Å²) in [5.41, 5.74) is 1.71. The van der Waals surface area contributed by atoms with E-state index in [0.717, 1.165) is 18.4 Å². The summed E-state index contributed by atoms with van der Waals surface area (Å²) >= 11 is 1.32. The van der Waals surface area contributed by atoms with E-state index in [1.165, 1.54) is 15.9 Å². The Labute approximate surface area is 171 Å². The van der Waals surface area contributed by atoms with Crippen molar-refractivity contribution < 1.29 is 19.0 Å². The summed E-state index contributed by atoms with van der Waals surface area (Å²) in [6.07, 6.45) is 3.40. The molecule has 1 aromatic heterocycles. The van der Waals surface area contributed by atoms with Gasteiger partial charge in [0.1, 0.15) is 0 Å². The van der Waals surface area contributed by atoms with Crippen molar-refractivity contribution in [1.82, 2.24) is 4.57 Å². The molecule has 0 amide bonds. The first-order valence-corrected chi connectivity index (χ1v) is 10.4. The molecule has 1 atom stereocenters. The third-order valence-electron chi connectivity index (χ3n) is 4.88. The van der Waals surface area contributed by atoms with Gasteiger partial charge in [0.25, 0.3) is 5.56 Å². The fourth-order valence-corrected chi connectivity index (χ4v) is 4.61. The zero-order valence-electron chi connectivity index (χ0n) is 16.6. The van der Waals surface area contributed by atoms with Crippen LogP contribution in [-0.2, 0) is 9.53 Å². The molecular formula is C21H22N2O5S. The number of carbonyl (C=O) groups excluding carboxylic acids is 1. The van der Waals surface area contributed by atoms with Gasteiger partial charge in [0.2, 0.25) is 6.79 Å². The second-order valence-electron chi connectivity index (χ2n) is 6.80. The van der Waals surface area contributed by atoms with E-state index in [1.54, 1.807) is 13.8 Å². The first-order chi connectivity index (χ1) is 14.0. The number of thiazole rings is 1. The lowest BCUT2D eigenvalue weighted by molar-refractivity contribution is -0.138. The Morgan fingerprint density at radius 1 is 1.34 bits per heavy atom. The molecule has 0 radical (unpaired) electrons. The number of nitrogens with zero attached hydrogens (tertiary/aromatic N) is 2. The monoisotopic (exact) mass is 414 g/mol. The van der Waals surface area contributed by atoms with E-state index in [0.29, 0.717) is 32.1 Å². The summed E-state index contributed by atoms with van der Waals surface area (Å²) in [6, 6.07) is 5.25. The van der Waals surface area contributed by atoms with Crippen LogP contribution < -0.4 is 24.4 Å². The maximum absolute atomic E-state index is 13.1. The molecule has 2 aliphatic heterocycles. The molecule has 152 valence electrons. The molecule has 0 spiro atoms. The van der Waals surface area contributed by atoms with Crippen LogP contribution in [0, 0.1) is 0 Å². The Hall–Kier alpha value is -2.87. The highest BCUT2D eigenvalue weighted by atomic mass is 32.1. The van der Waals surface area contributed by atoms with Crippen molar-refractivity contribution in [2.45, 2.75) is 39.7 Å². The minimum absolute atomic E-state index is 0.194. The summed E-state index contributed by atoms with van der Waals surface area (Å²) in [5, 5.41) is 0. The number of carbonyl (C=O) groups is 1. The van der Waals surface area contributed by atoms with Crippen LogP contribution in [0.3, 0.4) is 0 Å². The minimum Gasteiger partial charge on any atom is -0.463 e. The third kappa shape index (κ3) is 3.48. The van der Waals surface area contributed by atoms with E-state index < -0.39 is 5.97 Å². The summed E-state index contributed by atoms with van der Waals surface area (Å²) in [5.74, 6) is 0.949. The van der Waals surface area contributed by atoms with E-state index in [-0.39, 0.29) is 25.0 Å². The van der Waals surface area contributed by atoms with Gasteiger partial charge in [-0.05, 0) is 44.0 Å². The average Bonchev–Trinajstić information content (AvgIpc) is 3.27. The Balaban J connectivity index is 1.84. The molecule has 1 aromatic carbocycles. The van der Waals surface area contributed by atoms with Crippen LogP contribution in [0.2, 0.25) is 0 Å². The van der Waals surface area contributed by atoms with Crippen molar-refractivity contribution in [3.63, 3.8) is 0 Å². The summed E-state index contributed by atoms with van der Waals surface area (Å²) in [7, 11) is 0. The molecule has 0 saturated heterocycles. The summed E-state index contributed by atoms with van der Waals surface area (Å²) < 4.78 is 18.0. The lowest BCUT2D eigenvalue weighted by Crippen LogP contribution is -2.37. The average molecular weight is 414 g/mol. The Kier molecular flexibility index (Phi) is 5.27. The number of fused-ring (bicyclic) bond motifs is 2. The normalized spacial score (nSPS) is 17.9. The zero-order valence-corrected chi connectivity index (χ0v) is 17.4. The predicted molar refractivity (Wildman–Crippen MR) is 110 cm³/mol. The number of hydrogen-bond donors (Lipinski definition) is 0. The number of benzene rings is 1. The van der Waals surface area contributed by atoms with Crippen LogP contribution in [0.15, 0.2) is 33.6 Å². The molecule has 2 aromatic rings. The van der Waals surface area contributed by atoms with Crippen molar-refractivity contribution in [3.8, 4) is 11.5 Å². The number of rotatable bonds is 5. The van der Waals surface area contributed by atoms with Crippen molar-refractivity contribution in [1.29, 1.82) is 0 Å². The molecule has 0 bridgehead atoms. The van der Waals surface area contributed by atoms with Crippen molar-refractivity contribution >= 4 is 29.1 Å². The van der Waals surface area contributed by atoms with Gasteiger partial charge in [-0.25, -0.2) is 9.79 Å². The van der Waals surface area contributed by atoms with E-state index >= 15 is 0 Å². The molecule has 7 nitrogen and oxygen atoms in total. The molecule has 0 N–H and O–H groups in total. The second-order valence-corrected chi connectivity index (χ2v) is 7.81. The molecule has 0 fully saturated rings. The van der Waals surface area contributed by atoms with Gasteiger partial charge in [0, 0.05) is 5.70 Å². The fraction of sp³-hybridized carbons (Fsp3) is 0.381. The highest BCUT2D eigenvalue weighted by molar-refractivity contribution is 7.07. The zero-order chi connectivity index (χ0) is 20.5. The predicted octanol–water partition coefficient (Wildman–Crippen LogP) is 2.06. The quantitative estimate of drug-likeness (QED) is 0.700. The van der Waals surface area contributed by atoms with Gasteiger partial charge < -0.3 is 14.2 Å². The van der Waals surface area contributed by atoms with Crippen LogP contribution >= 0.6 is 11.3 Å². The van der Waals surface area contributed by atoms with Gasteiger partial charge in [-0.2, -0.15) is 0 Å². The van der Waals surface area contributed by atoms with Crippen molar-refractivity contribution in [3.05, 3.63) is 49.0 Å². The topological polar surface area (TPSA) is 79.1 Å². The minimum atomic E-state index is -0.405. The first-order valence-electron chi connectivity index (χ1n) is 9.62. The Bertz CT molecular complexity index is 1170. The van der Waals surface area contributed by atoms with Gasteiger partial charge >= 0.3 is 5.97 Å².